The molecule has 0 fully saturated rings. The molecule has 3 rings (SSSR count). The second-order valence-electron chi connectivity index (χ2n) is 5.99. The van der Waals surface area contributed by atoms with E-state index in [0.717, 1.165) is 0 Å². The first-order chi connectivity index (χ1) is 13.5. The summed E-state index contributed by atoms with van der Waals surface area (Å²) < 4.78 is 23.5. The summed E-state index contributed by atoms with van der Waals surface area (Å²) in [6.07, 6.45) is -0.914. The van der Waals surface area contributed by atoms with Crippen LogP contribution in [0.5, 0.6) is 5.75 Å². The molecule has 1 atom stereocenters. The molecule has 1 unspecified atom stereocenters. The number of aromatic nitrogens is 1. The Morgan fingerprint density at radius 2 is 1.75 bits per heavy atom. The Bertz CT molecular complexity index is 971. The number of carbonyl (C=O) groups is 2. The smallest absolute Gasteiger partial charge is 0.279 e. The quantitative estimate of drug-likeness (QED) is 0.661. The monoisotopic (exact) mass is 383 g/mol. The van der Waals surface area contributed by atoms with E-state index in [4.69, 9.17) is 9.26 Å². The molecule has 7 nitrogen and oxygen atoms in total. The van der Waals surface area contributed by atoms with E-state index in [1.165, 1.54) is 31.2 Å². The molecule has 0 aliphatic carbocycles. The third-order valence-electron chi connectivity index (χ3n) is 3.93. The van der Waals surface area contributed by atoms with E-state index in [1.54, 1.807) is 19.1 Å². The first-order valence-electron chi connectivity index (χ1n) is 8.50. The number of amides is 2. The highest BCUT2D eigenvalue weighted by atomic mass is 19.1. The number of hydrogen-bond acceptors (Lipinski definition) is 5. The van der Waals surface area contributed by atoms with Crippen molar-refractivity contribution in [3.05, 3.63) is 71.7 Å². The molecular weight excluding hydrogens is 365 g/mol. The summed E-state index contributed by atoms with van der Waals surface area (Å²) in [5, 5.41) is 3.93. The predicted molar refractivity (Wildman–Crippen MR) is 98.8 cm³/mol. The Kier molecular flexibility index (Phi) is 5.69. The van der Waals surface area contributed by atoms with Gasteiger partial charge in [0.2, 0.25) is 0 Å². The number of nitrogens with zero attached hydrogens (tertiary/aromatic N) is 1. The molecule has 0 saturated heterocycles. The number of hydrogen-bond donors (Lipinski definition) is 2. The van der Waals surface area contributed by atoms with Crippen molar-refractivity contribution in [3.8, 4) is 17.0 Å². The molecule has 0 aliphatic rings. The number of halogens is 1. The lowest BCUT2D eigenvalue weighted by molar-refractivity contribution is -0.128. The van der Waals surface area contributed by atoms with E-state index in [2.05, 4.69) is 16.0 Å². The molecule has 0 bridgehead atoms. The minimum Gasteiger partial charge on any atom is -0.481 e. The molecule has 2 aromatic carbocycles. The fourth-order valence-corrected chi connectivity index (χ4v) is 2.49. The van der Waals surface area contributed by atoms with Crippen molar-refractivity contribution in [2.24, 2.45) is 0 Å². The standard InChI is InChI=1S/C20H18FN3O4/c1-12-17(18(24-28-12)14-6-4-3-5-7-14)20(26)23-22-19(25)13(2)27-16-10-8-15(21)9-11-16/h3-11,13H,1-2H3,(H,22,25)(H,23,26). The van der Waals surface area contributed by atoms with Gasteiger partial charge in [-0.3, -0.25) is 20.4 Å². The van der Waals surface area contributed by atoms with Crippen molar-refractivity contribution in [2.75, 3.05) is 0 Å². The average Bonchev–Trinajstić information content (AvgIpc) is 3.09. The van der Waals surface area contributed by atoms with Crippen LogP contribution >= 0.6 is 0 Å². The van der Waals surface area contributed by atoms with E-state index >= 15 is 0 Å². The van der Waals surface area contributed by atoms with Gasteiger partial charge in [0.05, 0.1) is 0 Å². The van der Waals surface area contributed by atoms with Gasteiger partial charge in [0.25, 0.3) is 11.8 Å². The van der Waals surface area contributed by atoms with Crippen molar-refractivity contribution < 1.29 is 23.2 Å². The van der Waals surface area contributed by atoms with Crippen LogP contribution in [-0.2, 0) is 4.79 Å². The summed E-state index contributed by atoms with van der Waals surface area (Å²) in [7, 11) is 0. The van der Waals surface area contributed by atoms with E-state index < -0.39 is 23.7 Å². The van der Waals surface area contributed by atoms with Crippen LogP contribution in [0.1, 0.15) is 23.0 Å². The fraction of sp³-hybridized carbons (Fsp3) is 0.150. The molecule has 0 aliphatic heterocycles. The molecular formula is C20H18FN3O4. The van der Waals surface area contributed by atoms with Gasteiger partial charge in [-0.2, -0.15) is 0 Å². The highest BCUT2D eigenvalue weighted by Gasteiger charge is 2.23. The number of hydrazine groups is 1. The Balaban J connectivity index is 1.63. The zero-order chi connectivity index (χ0) is 20.1. The summed E-state index contributed by atoms with van der Waals surface area (Å²) in [5.74, 6) is -0.902. The van der Waals surface area contributed by atoms with Crippen molar-refractivity contribution >= 4 is 11.8 Å². The zero-order valence-electron chi connectivity index (χ0n) is 15.2. The maximum atomic E-state index is 12.9. The number of rotatable bonds is 5. The Hall–Kier alpha value is -3.68. The molecule has 28 heavy (non-hydrogen) atoms. The first-order valence-corrected chi connectivity index (χ1v) is 8.50. The number of nitrogens with one attached hydrogen (secondary N) is 2. The van der Waals surface area contributed by atoms with Crippen molar-refractivity contribution in [1.82, 2.24) is 16.0 Å². The van der Waals surface area contributed by atoms with Crippen LogP contribution in [0.15, 0.2) is 59.1 Å². The van der Waals surface area contributed by atoms with Gasteiger partial charge in [0.1, 0.15) is 28.6 Å². The molecule has 144 valence electrons. The highest BCUT2D eigenvalue weighted by Crippen LogP contribution is 2.24. The summed E-state index contributed by atoms with van der Waals surface area (Å²) >= 11 is 0. The van der Waals surface area contributed by atoms with Crippen LogP contribution in [0.25, 0.3) is 11.3 Å². The van der Waals surface area contributed by atoms with Crippen molar-refractivity contribution in [2.45, 2.75) is 20.0 Å². The molecule has 2 N–H and O–H groups in total. The fourth-order valence-electron chi connectivity index (χ4n) is 2.49. The van der Waals surface area contributed by atoms with Crippen LogP contribution in [-0.4, -0.2) is 23.1 Å². The molecule has 1 aromatic heterocycles. The third kappa shape index (κ3) is 4.35. The molecule has 0 spiro atoms. The van der Waals surface area contributed by atoms with Crippen molar-refractivity contribution in [1.29, 1.82) is 0 Å². The number of ether oxygens (including phenoxy) is 1. The third-order valence-corrected chi connectivity index (χ3v) is 3.93. The van der Waals surface area contributed by atoms with Gasteiger partial charge in [-0.15, -0.1) is 0 Å². The van der Waals surface area contributed by atoms with E-state index in [0.29, 0.717) is 22.8 Å². The number of benzene rings is 2. The van der Waals surface area contributed by atoms with Gasteiger partial charge in [0, 0.05) is 5.56 Å². The van der Waals surface area contributed by atoms with Gasteiger partial charge >= 0.3 is 0 Å². The summed E-state index contributed by atoms with van der Waals surface area (Å²) in [6, 6.07) is 14.3. The van der Waals surface area contributed by atoms with Crippen LogP contribution in [0, 0.1) is 12.7 Å². The highest BCUT2D eigenvalue weighted by molar-refractivity contribution is 6.01. The maximum Gasteiger partial charge on any atom is 0.279 e. The second kappa shape index (κ2) is 8.34. The SMILES string of the molecule is Cc1onc(-c2ccccc2)c1C(=O)NNC(=O)C(C)Oc1ccc(F)cc1. The van der Waals surface area contributed by atoms with Crippen molar-refractivity contribution in [3.63, 3.8) is 0 Å². The van der Waals surface area contributed by atoms with Gasteiger partial charge in [-0.25, -0.2) is 4.39 Å². The minimum absolute atomic E-state index is 0.221. The number of aryl methyl sites for hydroxylation is 1. The molecule has 3 aromatic rings. The van der Waals surface area contributed by atoms with Crippen LogP contribution in [0.2, 0.25) is 0 Å². The lowest BCUT2D eigenvalue weighted by Gasteiger charge is -2.15. The molecule has 0 radical (unpaired) electrons. The first kappa shape index (κ1) is 19.1. The van der Waals surface area contributed by atoms with Crippen LogP contribution in [0.4, 0.5) is 4.39 Å². The van der Waals surface area contributed by atoms with Gasteiger partial charge < -0.3 is 9.26 Å². The molecule has 2 amide bonds. The van der Waals surface area contributed by atoms with Crippen LogP contribution in [0.3, 0.4) is 0 Å². The largest absolute Gasteiger partial charge is 0.481 e. The molecule has 0 saturated carbocycles. The van der Waals surface area contributed by atoms with Gasteiger partial charge in [0.15, 0.2) is 6.10 Å². The normalized spacial score (nSPS) is 11.5. The topological polar surface area (TPSA) is 93.5 Å². The molecule has 1 heterocycles. The van der Waals surface area contributed by atoms with Crippen LogP contribution < -0.4 is 15.6 Å². The Morgan fingerprint density at radius 3 is 2.43 bits per heavy atom. The maximum absolute atomic E-state index is 12.9. The lowest BCUT2D eigenvalue weighted by atomic mass is 10.1. The summed E-state index contributed by atoms with van der Waals surface area (Å²) in [5.41, 5.74) is 5.94. The van der Waals surface area contributed by atoms with E-state index in [9.17, 15) is 14.0 Å². The van der Waals surface area contributed by atoms with E-state index in [-0.39, 0.29) is 5.56 Å². The lowest BCUT2D eigenvalue weighted by Crippen LogP contribution is -2.47. The number of carbonyl (C=O) groups excluding carboxylic acids is 2. The van der Waals surface area contributed by atoms with Gasteiger partial charge in [-0.1, -0.05) is 35.5 Å². The van der Waals surface area contributed by atoms with Gasteiger partial charge in [-0.05, 0) is 38.1 Å². The predicted octanol–water partition coefficient (Wildman–Crippen LogP) is 3.02. The van der Waals surface area contributed by atoms with E-state index in [1.807, 2.05) is 18.2 Å². The second-order valence-corrected chi connectivity index (χ2v) is 5.99. The zero-order valence-corrected chi connectivity index (χ0v) is 15.2. The Labute approximate surface area is 160 Å². The summed E-state index contributed by atoms with van der Waals surface area (Å²) in [6.45, 7) is 3.11. The minimum atomic E-state index is -0.914. The summed E-state index contributed by atoms with van der Waals surface area (Å²) in [4.78, 5) is 24.7. The Morgan fingerprint density at radius 1 is 1.07 bits per heavy atom. The molecule has 8 heteroatoms. The average molecular weight is 383 g/mol.